The fourth-order valence-electron chi connectivity index (χ4n) is 6.35. The van der Waals surface area contributed by atoms with Crippen LogP contribution in [0.1, 0.15) is 77.3 Å². The van der Waals surface area contributed by atoms with Gasteiger partial charge in [0.1, 0.15) is 0 Å². The Morgan fingerprint density at radius 2 is 1.50 bits per heavy atom. The van der Waals surface area contributed by atoms with Gasteiger partial charge in [-0.2, -0.15) is 0 Å². The fourth-order valence-corrected chi connectivity index (χ4v) is 6.93. The first-order valence-corrected chi connectivity index (χ1v) is 15.3. The number of halogens is 1. The van der Waals surface area contributed by atoms with Crippen molar-refractivity contribution >= 4 is 39.1 Å². The molecule has 1 heterocycles. The van der Waals surface area contributed by atoms with E-state index >= 15 is 0 Å². The summed E-state index contributed by atoms with van der Waals surface area (Å²) < 4.78 is 12.6. The Morgan fingerprint density at radius 1 is 0.929 bits per heavy atom. The quantitative estimate of drug-likeness (QED) is 0.336. The van der Waals surface area contributed by atoms with Gasteiger partial charge in [-0.05, 0) is 83.3 Å². The molecule has 0 atom stereocenters. The second kappa shape index (κ2) is 11.4. The van der Waals surface area contributed by atoms with Crippen LogP contribution in [0.3, 0.4) is 0 Å². The lowest BCUT2D eigenvalue weighted by atomic mass is 9.64. The van der Waals surface area contributed by atoms with Gasteiger partial charge in [-0.3, -0.25) is 14.4 Å². The molecular formula is C34H39BrN2O5. The van der Waals surface area contributed by atoms with Gasteiger partial charge in [0.15, 0.2) is 29.7 Å². The summed E-state index contributed by atoms with van der Waals surface area (Å²) in [6.07, 6.45) is 2.30. The number of dihydropyridines is 1. The number of ether oxygens (including phenoxy) is 2. The number of amides is 1. The summed E-state index contributed by atoms with van der Waals surface area (Å²) in [6, 6.07) is 11.3. The van der Waals surface area contributed by atoms with Gasteiger partial charge in [0, 0.05) is 47.0 Å². The maximum absolute atomic E-state index is 13.7. The monoisotopic (exact) mass is 634 g/mol. The van der Waals surface area contributed by atoms with Gasteiger partial charge in [-0.25, -0.2) is 0 Å². The van der Waals surface area contributed by atoms with Crippen LogP contribution in [-0.4, -0.2) is 30.7 Å². The highest BCUT2D eigenvalue weighted by atomic mass is 79.9. The van der Waals surface area contributed by atoms with Crippen molar-refractivity contribution in [3.05, 3.63) is 74.5 Å². The van der Waals surface area contributed by atoms with Crippen LogP contribution in [0.4, 0.5) is 5.69 Å². The molecule has 3 aliphatic rings. The number of rotatable bonds is 7. The second-order valence-corrected chi connectivity index (χ2v) is 14.0. The average molecular weight is 636 g/mol. The molecule has 222 valence electrons. The third kappa shape index (κ3) is 6.19. The van der Waals surface area contributed by atoms with Gasteiger partial charge in [0.25, 0.3) is 5.91 Å². The summed E-state index contributed by atoms with van der Waals surface area (Å²) in [7, 11) is 0. The molecule has 0 spiro atoms. The third-order valence-electron chi connectivity index (χ3n) is 8.07. The highest BCUT2D eigenvalue weighted by molar-refractivity contribution is 9.10. The highest BCUT2D eigenvalue weighted by Crippen LogP contribution is 2.52. The van der Waals surface area contributed by atoms with E-state index in [-0.39, 0.29) is 34.9 Å². The van der Waals surface area contributed by atoms with Crippen LogP contribution >= 0.6 is 15.9 Å². The number of hydrogen-bond donors (Lipinski definition) is 2. The standard InChI is InChI=1S/C34H39BrN2O5/c1-7-41-27-13-20(12-22(35)32(27)42-18-28(40)36-21-10-8-19(2)9-11-21)29-30-23(14-33(3,4)16-25(30)38)37-24-15-34(5,6)17-26(39)31(24)29/h8-13,29,37H,7,14-18H2,1-6H3,(H,36,40). The lowest BCUT2D eigenvalue weighted by Gasteiger charge is -2.44. The Labute approximate surface area is 256 Å². The van der Waals surface area contributed by atoms with Crippen LogP contribution in [-0.2, 0) is 14.4 Å². The molecule has 1 amide bonds. The summed E-state index contributed by atoms with van der Waals surface area (Å²) >= 11 is 3.65. The Balaban J connectivity index is 1.52. The minimum absolute atomic E-state index is 0.0603. The number of aryl methyl sites for hydroxylation is 1. The van der Waals surface area contributed by atoms with Gasteiger partial charge in [-0.1, -0.05) is 45.4 Å². The van der Waals surface area contributed by atoms with Crippen molar-refractivity contribution in [1.82, 2.24) is 5.32 Å². The smallest absolute Gasteiger partial charge is 0.262 e. The maximum atomic E-state index is 13.7. The molecule has 8 heteroatoms. The molecule has 2 aromatic rings. The van der Waals surface area contributed by atoms with Crippen molar-refractivity contribution < 1.29 is 23.9 Å². The molecule has 2 aliphatic carbocycles. The van der Waals surface area contributed by atoms with Crippen molar-refractivity contribution in [3.8, 4) is 11.5 Å². The first kappa shape index (κ1) is 30.1. The predicted molar refractivity (Wildman–Crippen MR) is 167 cm³/mol. The molecule has 0 aromatic heterocycles. The Hall–Kier alpha value is -3.39. The molecule has 42 heavy (non-hydrogen) atoms. The van der Waals surface area contributed by atoms with Gasteiger partial charge in [0.05, 0.1) is 11.1 Å². The van der Waals surface area contributed by atoms with Crippen LogP contribution in [0.5, 0.6) is 11.5 Å². The number of benzene rings is 2. The molecule has 1 aliphatic heterocycles. The Bertz CT molecular complexity index is 1470. The van der Waals surface area contributed by atoms with Crippen molar-refractivity contribution in [2.75, 3.05) is 18.5 Å². The van der Waals surface area contributed by atoms with Gasteiger partial charge >= 0.3 is 0 Å². The first-order valence-electron chi connectivity index (χ1n) is 14.5. The number of carbonyl (C=O) groups excluding carboxylic acids is 3. The van der Waals surface area contributed by atoms with E-state index in [9.17, 15) is 14.4 Å². The third-order valence-corrected chi connectivity index (χ3v) is 8.66. The molecule has 5 rings (SSSR count). The number of hydrogen-bond acceptors (Lipinski definition) is 6. The Morgan fingerprint density at radius 3 is 2.05 bits per heavy atom. The van der Waals surface area contributed by atoms with Crippen LogP contribution in [0.25, 0.3) is 0 Å². The van der Waals surface area contributed by atoms with Gasteiger partial charge < -0.3 is 20.1 Å². The molecule has 0 saturated heterocycles. The average Bonchev–Trinajstić information content (AvgIpc) is 2.87. The molecule has 2 aromatic carbocycles. The van der Waals surface area contributed by atoms with E-state index in [1.807, 2.05) is 50.2 Å². The van der Waals surface area contributed by atoms with E-state index in [1.54, 1.807) is 0 Å². The van der Waals surface area contributed by atoms with Gasteiger partial charge in [0.2, 0.25) is 0 Å². The number of carbonyl (C=O) groups is 3. The van der Waals surface area contributed by atoms with Crippen molar-refractivity contribution in [2.24, 2.45) is 10.8 Å². The zero-order chi connectivity index (χ0) is 30.4. The lowest BCUT2D eigenvalue weighted by molar-refractivity contribution is -0.119. The predicted octanol–water partition coefficient (Wildman–Crippen LogP) is 7.15. The largest absolute Gasteiger partial charge is 0.490 e. The number of nitrogens with one attached hydrogen (secondary N) is 2. The summed E-state index contributed by atoms with van der Waals surface area (Å²) in [5.74, 6) is 0.156. The van der Waals surface area contributed by atoms with Crippen LogP contribution in [0.15, 0.2) is 63.4 Å². The van der Waals surface area contributed by atoms with E-state index in [1.165, 1.54) is 0 Å². The summed E-state index contributed by atoms with van der Waals surface area (Å²) in [5, 5.41) is 6.40. The first-order chi connectivity index (χ1) is 19.8. The van der Waals surface area contributed by atoms with E-state index in [2.05, 4.69) is 54.3 Å². The van der Waals surface area contributed by atoms with E-state index in [0.717, 1.165) is 35.4 Å². The molecule has 0 radical (unpaired) electrons. The number of ketones is 2. The van der Waals surface area contributed by atoms with Crippen LogP contribution in [0.2, 0.25) is 0 Å². The normalized spacial score (nSPS) is 19.6. The molecule has 7 nitrogen and oxygen atoms in total. The molecule has 0 unspecified atom stereocenters. The summed E-state index contributed by atoms with van der Waals surface area (Å²) in [4.78, 5) is 40.1. The van der Waals surface area contributed by atoms with E-state index < -0.39 is 5.92 Å². The van der Waals surface area contributed by atoms with Crippen molar-refractivity contribution in [1.29, 1.82) is 0 Å². The minimum Gasteiger partial charge on any atom is -0.490 e. The second-order valence-electron chi connectivity index (χ2n) is 13.2. The van der Waals surface area contributed by atoms with E-state index in [4.69, 9.17) is 9.47 Å². The topological polar surface area (TPSA) is 93.7 Å². The number of allylic oxidation sites excluding steroid dienone is 4. The zero-order valence-electron chi connectivity index (χ0n) is 25.2. The lowest BCUT2D eigenvalue weighted by Crippen LogP contribution is -2.42. The molecule has 0 bridgehead atoms. The number of Topliss-reactive ketones (excluding diaryl/α,β-unsaturated/α-hetero) is 2. The maximum Gasteiger partial charge on any atom is 0.262 e. The van der Waals surface area contributed by atoms with Crippen LogP contribution < -0.4 is 20.1 Å². The molecule has 2 N–H and O–H groups in total. The SMILES string of the molecule is CCOc1cc(C2C3=C(CC(C)(C)CC3=O)NC3=C2C(=O)CC(C)(C)C3)cc(Br)c1OCC(=O)Nc1ccc(C)cc1. The van der Waals surface area contributed by atoms with Crippen molar-refractivity contribution in [2.45, 2.75) is 73.1 Å². The minimum atomic E-state index is -0.502. The molecule has 0 fully saturated rings. The fraction of sp³-hybridized carbons (Fsp3) is 0.441. The highest BCUT2D eigenvalue weighted by Gasteiger charge is 2.46. The number of anilines is 1. The van der Waals surface area contributed by atoms with Gasteiger partial charge in [-0.15, -0.1) is 0 Å². The summed E-state index contributed by atoms with van der Waals surface area (Å²) in [5.41, 5.74) is 5.38. The summed E-state index contributed by atoms with van der Waals surface area (Å²) in [6.45, 7) is 12.4. The van der Waals surface area contributed by atoms with E-state index in [0.29, 0.717) is 52.3 Å². The molecule has 0 saturated carbocycles. The zero-order valence-corrected chi connectivity index (χ0v) is 26.8. The Kier molecular flexibility index (Phi) is 8.14. The van der Waals surface area contributed by atoms with Crippen LogP contribution in [0, 0.1) is 17.8 Å². The molecular weight excluding hydrogens is 596 g/mol. The van der Waals surface area contributed by atoms with Crippen molar-refractivity contribution in [3.63, 3.8) is 0 Å².